The number of alkyl halides is 3. The minimum absolute atomic E-state index is 0.309. The molecule has 180 valence electrons. The molecule has 0 saturated carbocycles. The number of benzene rings is 2. The molecular weight excluding hydrogens is 493 g/mol. The topological polar surface area (TPSA) is 91.4 Å². The molecule has 2 aromatic carbocycles. The summed E-state index contributed by atoms with van der Waals surface area (Å²) in [6.07, 6.45) is 2.42. The molecule has 1 aromatic heterocycles. The molecule has 0 radical (unpaired) electrons. The molecule has 0 unspecified atom stereocenters. The molecule has 1 fully saturated rings. The minimum Gasteiger partial charge on any atom is -0.356 e. The van der Waals surface area contributed by atoms with Gasteiger partial charge < -0.3 is 10.2 Å². The van der Waals surface area contributed by atoms with Crippen LogP contribution >= 0.6 is 11.6 Å². The second-order valence-electron chi connectivity index (χ2n) is 7.81. The van der Waals surface area contributed by atoms with Crippen LogP contribution in [-0.2, 0) is 10.0 Å². The van der Waals surface area contributed by atoms with Crippen molar-refractivity contribution in [3.63, 3.8) is 0 Å². The molecule has 1 aliphatic heterocycles. The van der Waals surface area contributed by atoms with Crippen LogP contribution < -0.4 is 10.0 Å². The van der Waals surface area contributed by atoms with Crippen molar-refractivity contribution in [3.05, 3.63) is 65.3 Å². The summed E-state index contributed by atoms with van der Waals surface area (Å²) in [7, 11) is -5.49. The van der Waals surface area contributed by atoms with Crippen molar-refractivity contribution < 1.29 is 26.4 Å². The van der Waals surface area contributed by atoms with Gasteiger partial charge in [-0.15, -0.1) is 0 Å². The van der Waals surface area contributed by atoms with Gasteiger partial charge in [-0.3, -0.25) is 9.78 Å². The van der Waals surface area contributed by atoms with E-state index in [-0.39, 0.29) is 0 Å². The van der Waals surface area contributed by atoms with Crippen molar-refractivity contribution in [2.45, 2.75) is 24.4 Å². The number of aromatic nitrogens is 1. The molecule has 1 saturated heterocycles. The van der Waals surface area contributed by atoms with Gasteiger partial charge in [-0.1, -0.05) is 11.6 Å². The van der Waals surface area contributed by atoms with Gasteiger partial charge in [0.2, 0.25) is 0 Å². The fourth-order valence-electron chi connectivity index (χ4n) is 3.87. The normalized spacial score (nSPS) is 16.7. The Balaban J connectivity index is 1.58. The first-order valence-electron chi connectivity index (χ1n) is 10.3. The second kappa shape index (κ2) is 9.40. The maximum absolute atomic E-state index is 13.4. The Morgan fingerprint density at radius 3 is 2.53 bits per heavy atom. The van der Waals surface area contributed by atoms with Crippen LogP contribution in [0.15, 0.2) is 54.7 Å². The van der Waals surface area contributed by atoms with E-state index in [9.17, 15) is 26.4 Å². The highest BCUT2D eigenvalue weighted by atomic mass is 35.5. The number of halogens is 4. The van der Waals surface area contributed by atoms with Crippen LogP contribution in [-0.4, -0.2) is 48.8 Å². The predicted molar refractivity (Wildman–Crippen MR) is 124 cm³/mol. The third-order valence-electron chi connectivity index (χ3n) is 5.56. The van der Waals surface area contributed by atoms with E-state index >= 15 is 0 Å². The van der Waals surface area contributed by atoms with E-state index < -0.39 is 34.0 Å². The summed E-state index contributed by atoms with van der Waals surface area (Å²) in [5, 5.41) is 4.38. The van der Waals surface area contributed by atoms with E-state index in [1.54, 1.807) is 47.2 Å². The molecule has 2 N–H and O–H groups in total. The fourth-order valence-corrected chi connectivity index (χ4v) is 4.57. The zero-order valence-corrected chi connectivity index (χ0v) is 19.2. The lowest BCUT2D eigenvalue weighted by Gasteiger charge is -2.25. The summed E-state index contributed by atoms with van der Waals surface area (Å²) >= 11 is 5.92. The largest absolute Gasteiger partial charge is 0.511 e. The SMILES string of the molecule is O=C(c1ccnc2ccc(Nc3ccc(Cl)cc3)cc12)N1CCC[C@H]1CNS(=O)(=O)C(F)(F)F. The number of hydrogen-bond donors (Lipinski definition) is 2. The van der Waals surface area contributed by atoms with Gasteiger partial charge in [-0.2, -0.15) is 13.2 Å². The van der Waals surface area contributed by atoms with Crippen LogP contribution in [0, 0.1) is 0 Å². The summed E-state index contributed by atoms with van der Waals surface area (Å²) in [4.78, 5) is 19.1. The van der Waals surface area contributed by atoms with E-state index in [0.29, 0.717) is 46.6 Å². The maximum atomic E-state index is 13.4. The number of rotatable bonds is 6. The molecule has 1 atom stereocenters. The Morgan fingerprint density at radius 1 is 1.12 bits per heavy atom. The lowest BCUT2D eigenvalue weighted by molar-refractivity contribution is -0.0448. The van der Waals surface area contributed by atoms with Gasteiger partial charge in [0.05, 0.1) is 11.1 Å². The van der Waals surface area contributed by atoms with E-state index in [2.05, 4.69) is 10.3 Å². The van der Waals surface area contributed by atoms with Crippen LogP contribution in [0.1, 0.15) is 23.2 Å². The first-order valence-corrected chi connectivity index (χ1v) is 12.2. The molecular formula is C22H20ClF3N4O3S. The third kappa shape index (κ3) is 5.11. The van der Waals surface area contributed by atoms with Crippen molar-refractivity contribution in [1.82, 2.24) is 14.6 Å². The van der Waals surface area contributed by atoms with Crippen molar-refractivity contribution in [3.8, 4) is 0 Å². The van der Waals surface area contributed by atoms with Crippen LogP contribution in [0.4, 0.5) is 24.5 Å². The van der Waals surface area contributed by atoms with Gasteiger partial charge in [0.25, 0.3) is 5.91 Å². The predicted octanol–water partition coefficient (Wildman–Crippen LogP) is 4.68. The summed E-state index contributed by atoms with van der Waals surface area (Å²) in [6.45, 7) is -0.205. The molecule has 0 bridgehead atoms. The number of likely N-dealkylation sites (tertiary alicyclic amines) is 1. The zero-order valence-electron chi connectivity index (χ0n) is 17.6. The number of amides is 1. The van der Waals surface area contributed by atoms with Crippen LogP contribution in [0.25, 0.3) is 10.9 Å². The smallest absolute Gasteiger partial charge is 0.356 e. The highest BCUT2D eigenvalue weighted by molar-refractivity contribution is 7.90. The van der Waals surface area contributed by atoms with E-state index in [4.69, 9.17) is 11.6 Å². The monoisotopic (exact) mass is 512 g/mol. The summed E-state index contributed by atoms with van der Waals surface area (Å²) < 4.78 is 62.3. The first-order chi connectivity index (χ1) is 16.0. The highest BCUT2D eigenvalue weighted by Gasteiger charge is 2.46. The first kappa shape index (κ1) is 24.2. The molecule has 7 nitrogen and oxygen atoms in total. The van der Waals surface area contributed by atoms with E-state index in [0.717, 1.165) is 5.69 Å². The summed E-state index contributed by atoms with van der Waals surface area (Å²) in [6, 6.07) is 13.3. The molecule has 1 aliphatic rings. The number of fused-ring (bicyclic) bond motifs is 1. The Labute approximate surface area is 199 Å². The molecule has 3 aromatic rings. The van der Waals surface area contributed by atoms with E-state index in [1.165, 1.54) is 11.1 Å². The third-order valence-corrected chi connectivity index (χ3v) is 6.96. The van der Waals surface area contributed by atoms with Crippen molar-refractivity contribution in [2.75, 3.05) is 18.4 Å². The second-order valence-corrected chi connectivity index (χ2v) is 10.0. The number of carbonyl (C=O) groups is 1. The molecule has 0 aliphatic carbocycles. The lowest BCUT2D eigenvalue weighted by Crippen LogP contribution is -2.46. The number of hydrogen-bond acceptors (Lipinski definition) is 5. The Hall–Kier alpha value is -2.89. The number of pyridine rings is 1. The number of sulfonamides is 1. The number of carbonyl (C=O) groups excluding carboxylic acids is 1. The van der Waals surface area contributed by atoms with Crippen LogP contribution in [0.3, 0.4) is 0 Å². The maximum Gasteiger partial charge on any atom is 0.511 e. The summed E-state index contributed by atoms with van der Waals surface area (Å²) in [5.74, 6) is -0.398. The Kier molecular flexibility index (Phi) is 6.70. The van der Waals surface area contributed by atoms with E-state index in [1.807, 2.05) is 6.07 Å². The van der Waals surface area contributed by atoms with Crippen LogP contribution in [0.2, 0.25) is 5.02 Å². The van der Waals surface area contributed by atoms with Gasteiger partial charge in [-0.05, 0) is 61.4 Å². The number of anilines is 2. The molecule has 34 heavy (non-hydrogen) atoms. The molecule has 12 heteroatoms. The average molecular weight is 513 g/mol. The highest BCUT2D eigenvalue weighted by Crippen LogP contribution is 2.28. The van der Waals surface area contributed by atoms with Gasteiger partial charge in [0.15, 0.2) is 0 Å². The van der Waals surface area contributed by atoms with Gasteiger partial charge in [0, 0.05) is 47.1 Å². The molecule has 1 amide bonds. The Bertz CT molecular complexity index is 1320. The van der Waals surface area contributed by atoms with Gasteiger partial charge >= 0.3 is 15.5 Å². The molecule has 4 rings (SSSR count). The Morgan fingerprint density at radius 2 is 1.82 bits per heavy atom. The van der Waals surface area contributed by atoms with Crippen molar-refractivity contribution in [1.29, 1.82) is 0 Å². The van der Waals surface area contributed by atoms with Gasteiger partial charge in [-0.25, -0.2) is 13.1 Å². The van der Waals surface area contributed by atoms with Crippen molar-refractivity contribution >= 4 is 49.8 Å². The quantitative estimate of drug-likeness (QED) is 0.500. The van der Waals surface area contributed by atoms with Crippen LogP contribution in [0.5, 0.6) is 0 Å². The van der Waals surface area contributed by atoms with Gasteiger partial charge in [0.1, 0.15) is 0 Å². The summed E-state index contributed by atoms with van der Waals surface area (Å²) in [5.41, 5.74) is -3.02. The van der Waals surface area contributed by atoms with Crippen molar-refractivity contribution in [2.24, 2.45) is 0 Å². The number of nitrogens with zero attached hydrogens (tertiary/aromatic N) is 2. The standard InChI is InChI=1S/C22H20ClF3N4O3S/c23-14-3-5-15(6-4-14)29-16-7-8-20-19(12-16)18(9-10-27-20)21(31)30-11-1-2-17(30)13-28-34(32,33)22(24,25)26/h3-10,12,17,28-29H,1-2,11,13H2/t17-/m0/s1. The minimum atomic E-state index is -5.49. The number of nitrogens with one attached hydrogen (secondary N) is 2. The zero-order chi connectivity index (χ0) is 24.5. The fraction of sp³-hybridized carbons (Fsp3) is 0.273. The average Bonchev–Trinajstić information content (AvgIpc) is 3.26. The molecule has 2 heterocycles. The lowest BCUT2D eigenvalue weighted by atomic mass is 10.1. The molecule has 0 spiro atoms.